The van der Waals surface area contributed by atoms with Gasteiger partial charge in [0.15, 0.2) is 0 Å². The molecular formula is C16H28N4O. The minimum absolute atomic E-state index is 0.202. The molecule has 1 atom stereocenters. The van der Waals surface area contributed by atoms with Crippen molar-refractivity contribution in [3.63, 3.8) is 0 Å². The molecule has 2 rings (SSSR count). The summed E-state index contributed by atoms with van der Waals surface area (Å²) in [7, 11) is 1.89. The first-order chi connectivity index (χ1) is 10.0. The highest BCUT2D eigenvalue weighted by Crippen LogP contribution is 2.23. The molecule has 1 amide bonds. The zero-order valence-electron chi connectivity index (χ0n) is 13.7. The van der Waals surface area contributed by atoms with Crippen molar-refractivity contribution in [2.24, 2.45) is 7.05 Å². The molecule has 0 aliphatic heterocycles. The highest BCUT2D eigenvalue weighted by atomic mass is 16.2. The third-order valence-corrected chi connectivity index (χ3v) is 4.40. The number of carbonyl (C=O) groups excluding carboxylic acids is 1. The predicted octanol–water partition coefficient (Wildman–Crippen LogP) is 2.71. The monoisotopic (exact) mass is 292 g/mol. The molecule has 0 unspecified atom stereocenters. The summed E-state index contributed by atoms with van der Waals surface area (Å²) in [5.41, 5.74) is 1.87. The predicted molar refractivity (Wildman–Crippen MR) is 85.3 cm³/mol. The molecule has 118 valence electrons. The number of nitrogens with one attached hydrogen (secondary N) is 1. The quantitative estimate of drug-likeness (QED) is 0.908. The molecule has 1 aliphatic carbocycles. The van der Waals surface area contributed by atoms with E-state index in [1.165, 1.54) is 19.3 Å². The van der Waals surface area contributed by atoms with Crippen LogP contribution in [0.1, 0.15) is 51.6 Å². The topological polar surface area (TPSA) is 50.2 Å². The molecular weight excluding hydrogens is 264 g/mol. The second-order valence-corrected chi connectivity index (χ2v) is 6.08. The average Bonchev–Trinajstić information content (AvgIpc) is 2.78. The summed E-state index contributed by atoms with van der Waals surface area (Å²) in [6, 6.07) is 0.213. The highest BCUT2D eigenvalue weighted by molar-refractivity contribution is 5.84. The van der Waals surface area contributed by atoms with Crippen molar-refractivity contribution in [1.82, 2.24) is 14.7 Å². The fraction of sp³-hybridized carbons (Fsp3) is 0.750. The molecule has 1 aliphatic rings. The summed E-state index contributed by atoms with van der Waals surface area (Å²) in [6.45, 7) is 6.77. The Bertz CT molecular complexity index is 477. The van der Waals surface area contributed by atoms with Crippen molar-refractivity contribution >= 4 is 11.6 Å². The van der Waals surface area contributed by atoms with Crippen molar-refractivity contribution in [3.05, 3.63) is 11.9 Å². The molecule has 0 bridgehead atoms. The van der Waals surface area contributed by atoms with Gasteiger partial charge in [0.2, 0.25) is 5.91 Å². The summed E-state index contributed by atoms with van der Waals surface area (Å²) in [4.78, 5) is 14.8. The lowest BCUT2D eigenvalue weighted by atomic mass is 9.94. The SMILES string of the molecule is CCN(C(=O)[C@H](C)Nc1cn(C)nc1C)C1CCCCC1. The Morgan fingerprint density at radius 2 is 2.14 bits per heavy atom. The van der Waals surface area contributed by atoms with E-state index in [0.29, 0.717) is 6.04 Å². The minimum Gasteiger partial charge on any atom is -0.371 e. The largest absolute Gasteiger partial charge is 0.371 e. The third kappa shape index (κ3) is 3.77. The molecule has 0 aromatic carbocycles. The summed E-state index contributed by atoms with van der Waals surface area (Å²) in [6.07, 6.45) is 8.04. The van der Waals surface area contributed by atoms with E-state index in [-0.39, 0.29) is 11.9 Å². The fourth-order valence-electron chi connectivity index (χ4n) is 3.27. The average molecular weight is 292 g/mol. The van der Waals surface area contributed by atoms with Gasteiger partial charge in [-0.2, -0.15) is 5.10 Å². The number of aromatic nitrogens is 2. The van der Waals surface area contributed by atoms with Crippen LogP contribution in [-0.2, 0) is 11.8 Å². The maximum atomic E-state index is 12.7. The molecule has 0 spiro atoms. The number of carbonyl (C=O) groups is 1. The van der Waals surface area contributed by atoms with Gasteiger partial charge in [-0.15, -0.1) is 0 Å². The molecule has 0 radical (unpaired) electrons. The number of likely N-dealkylation sites (N-methyl/N-ethyl adjacent to an activating group) is 1. The number of hydrogen-bond donors (Lipinski definition) is 1. The second kappa shape index (κ2) is 6.96. The van der Waals surface area contributed by atoms with Gasteiger partial charge in [-0.25, -0.2) is 0 Å². The van der Waals surface area contributed by atoms with Crippen LogP contribution in [0.15, 0.2) is 6.20 Å². The first kappa shape index (κ1) is 15.9. The highest BCUT2D eigenvalue weighted by Gasteiger charge is 2.27. The number of hydrogen-bond acceptors (Lipinski definition) is 3. The fourth-order valence-corrected chi connectivity index (χ4v) is 3.27. The smallest absolute Gasteiger partial charge is 0.245 e. The van der Waals surface area contributed by atoms with Gasteiger partial charge in [0.25, 0.3) is 0 Å². The molecule has 1 aromatic rings. The van der Waals surface area contributed by atoms with Crippen molar-refractivity contribution < 1.29 is 4.79 Å². The Labute approximate surface area is 127 Å². The summed E-state index contributed by atoms with van der Waals surface area (Å²) in [5, 5.41) is 7.62. The lowest BCUT2D eigenvalue weighted by molar-refractivity contribution is -0.134. The van der Waals surface area contributed by atoms with Crippen LogP contribution in [0.4, 0.5) is 5.69 Å². The van der Waals surface area contributed by atoms with E-state index in [9.17, 15) is 4.79 Å². The standard InChI is InChI=1S/C16H28N4O/c1-5-20(14-9-7-6-8-10-14)16(21)13(3)17-15-11-19(4)18-12(15)2/h11,13-14,17H,5-10H2,1-4H3/t13-/m0/s1. The van der Waals surface area contributed by atoms with Gasteiger partial charge in [0.1, 0.15) is 6.04 Å². The van der Waals surface area contributed by atoms with Crippen LogP contribution >= 0.6 is 0 Å². The van der Waals surface area contributed by atoms with E-state index in [0.717, 1.165) is 30.8 Å². The number of amides is 1. The van der Waals surface area contributed by atoms with Crippen molar-refractivity contribution in [2.75, 3.05) is 11.9 Å². The Morgan fingerprint density at radius 1 is 1.48 bits per heavy atom. The van der Waals surface area contributed by atoms with Crippen LogP contribution in [0, 0.1) is 6.92 Å². The Morgan fingerprint density at radius 3 is 2.67 bits per heavy atom. The van der Waals surface area contributed by atoms with Crippen LogP contribution in [0.25, 0.3) is 0 Å². The van der Waals surface area contributed by atoms with Gasteiger partial charge in [0.05, 0.1) is 11.4 Å². The molecule has 1 heterocycles. The number of nitrogens with zero attached hydrogens (tertiary/aromatic N) is 3. The van der Waals surface area contributed by atoms with Gasteiger partial charge >= 0.3 is 0 Å². The third-order valence-electron chi connectivity index (χ3n) is 4.40. The molecule has 1 aromatic heterocycles. The molecule has 0 saturated heterocycles. The first-order valence-electron chi connectivity index (χ1n) is 8.10. The van der Waals surface area contributed by atoms with Gasteiger partial charge < -0.3 is 10.2 Å². The maximum Gasteiger partial charge on any atom is 0.245 e. The Balaban J connectivity index is 2.00. The molecule has 21 heavy (non-hydrogen) atoms. The van der Waals surface area contributed by atoms with Gasteiger partial charge in [-0.05, 0) is 33.6 Å². The van der Waals surface area contributed by atoms with E-state index in [4.69, 9.17) is 0 Å². The second-order valence-electron chi connectivity index (χ2n) is 6.08. The van der Waals surface area contributed by atoms with Crippen LogP contribution < -0.4 is 5.32 Å². The van der Waals surface area contributed by atoms with E-state index in [1.54, 1.807) is 4.68 Å². The van der Waals surface area contributed by atoms with Crippen LogP contribution in [0.3, 0.4) is 0 Å². The number of anilines is 1. The molecule has 1 fully saturated rings. The number of aryl methyl sites for hydroxylation is 2. The van der Waals surface area contributed by atoms with Gasteiger partial charge in [-0.1, -0.05) is 19.3 Å². The lowest BCUT2D eigenvalue weighted by Gasteiger charge is -2.35. The summed E-state index contributed by atoms with van der Waals surface area (Å²) in [5.74, 6) is 0.202. The summed E-state index contributed by atoms with van der Waals surface area (Å²) >= 11 is 0. The first-order valence-corrected chi connectivity index (χ1v) is 8.10. The maximum absolute atomic E-state index is 12.7. The molecule has 5 nitrogen and oxygen atoms in total. The Kier molecular flexibility index (Phi) is 5.26. The van der Waals surface area contributed by atoms with Crippen molar-refractivity contribution in [2.45, 2.75) is 65.0 Å². The molecule has 1 saturated carbocycles. The minimum atomic E-state index is -0.213. The Hall–Kier alpha value is -1.52. The van der Waals surface area contributed by atoms with Crippen LogP contribution in [0.5, 0.6) is 0 Å². The summed E-state index contributed by atoms with van der Waals surface area (Å²) < 4.78 is 1.77. The van der Waals surface area contributed by atoms with Crippen LogP contribution in [0.2, 0.25) is 0 Å². The van der Waals surface area contributed by atoms with Crippen molar-refractivity contribution in [3.8, 4) is 0 Å². The lowest BCUT2D eigenvalue weighted by Crippen LogP contribution is -2.47. The van der Waals surface area contributed by atoms with Crippen molar-refractivity contribution in [1.29, 1.82) is 0 Å². The van der Waals surface area contributed by atoms with E-state index >= 15 is 0 Å². The zero-order valence-corrected chi connectivity index (χ0v) is 13.7. The molecule has 1 N–H and O–H groups in total. The van der Waals surface area contributed by atoms with E-state index in [1.807, 2.05) is 27.1 Å². The van der Waals surface area contributed by atoms with E-state index in [2.05, 4.69) is 22.2 Å². The normalized spacial score (nSPS) is 17.5. The van der Waals surface area contributed by atoms with Gasteiger partial charge in [0, 0.05) is 25.8 Å². The molecule has 5 heteroatoms. The van der Waals surface area contributed by atoms with Gasteiger partial charge in [-0.3, -0.25) is 9.48 Å². The van der Waals surface area contributed by atoms with E-state index < -0.39 is 0 Å². The number of rotatable bonds is 5. The zero-order chi connectivity index (χ0) is 15.4. The van der Waals surface area contributed by atoms with Crippen LogP contribution in [-0.4, -0.2) is 39.2 Å².